The molecule has 1 N–H and O–H groups in total. The minimum Gasteiger partial charge on any atom is -0.478 e. The number of hydrogen-bond donors (Lipinski definition) is 1. The zero-order chi connectivity index (χ0) is 14.5. The molecule has 2 rings (SSSR count). The molecule has 0 saturated carbocycles. The fraction of sp³-hybridized carbons (Fsp3) is 0.562. The lowest BCUT2D eigenvalue weighted by atomic mass is 10.1. The third-order valence-electron chi connectivity index (χ3n) is 3.71. The molecule has 0 spiro atoms. The lowest BCUT2D eigenvalue weighted by molar-refractivity contribution is 0.0222. The van der Waals surface area contributed by atoms with Gasteiger partial charge in [-0.15, -0.1) is 0 Å². The van der Waals surface area contributed by atoms with Crippen molar-refractivity contribution in [1.29, 1.82) is 0 Å². The van der Waals surface area contributed by atoms with E-state index in [1.165, 1.54) is 0 Å². The second kappa shape index (κ2) is 6.86. The molecule has 4 heteroatoms. The van der Waals surface area contributed by atoms with Crippen molar-refractivity contribution in [3.8, 4) is 0 Å². The SMILES string of the molecule is CC(C)[C@@H]1CN(Cc2cccc(C(=O)O)c2)CCCO1. The van der Waals surface area contributed by atoms with Gasteiger partial charge in [0.05, 0.1) is 11.7 Å². The van der Waals surface area contributed by atoms with E-state index in [0.717, 1.165) is 38.2 Å². The fourth-order valence-corrected chi connectivity index (χ4v) is 2.53. The van der Waals surface area contributed by atoms with E-state index in [9.17, 15) is 4.79 Å². The van der Waals surface area contributed by atoms with Crippen LogP contribution in [0.3, 0.4) is 0 Å². The van der Waals surface area contributed by atoms with Gasteiger partial charge in [0.2, 0.25) is 0 Å². The van der Waals surface area contributed by atoms with E-state index < -0.39 is 5.97 Å². The van der Waals surface area contributed by atoms with Crippen molar-refractivity contribution in [1.82, 2.24) is 4.90 Å². The van der Waals surface area contributed by atoms with Crippen LogP contribution in [0, 0.1) is 5.92 Å². The number of carboxylic acid groups (broad SMARTS) is 1. The number of rotatable bonds is 4. The molecule has 0 bridgehead atoms. The quantitative estimate of drug-likeness (QED) is 0.919. The summed E-state index contributed by atoms with van der Waals surface area (Å²) in [5, 5.41) is 9.04. The summed E-state index contributed by atoms with van der Waals surface area (Å²) in [6.07, 6.45) is 1.29. The standard InChI is InChI=1S/C16H23NO3/c1-12(2)15-11-17(7-4-8-20-15)10-13-5-3-6-14(9-13)16(18)19/h3,5-6,9,12,15H,4,7-8,10-11H2,1-2H3,(H,18,19)/t15-/m0/s1. The molecule has 1 fully saturated rings. The molecule has 1 aliphatic heterocycles. The highest BCUT2D eigenvalue weighted by atomic mass is 16.5. The zero-order valence-electron chi connectivity index (χ0n) is 12.2. The molecule has 1 heterocycles. The van der Waals surface area contributed by atoms with Gasteiger partial charge in [-0.25, -0.2) is 4.79 Å². The largest absolute Gasteiger partial charge is 0.478 e. The van der Waals surface area contributed by atoms with Crippen LogP contribution in [0.1, 0.15) is 36.2 Å². The highest BCUT2D eigenvalue weighted by Gasteiger charge is 2.21. The first-order chi connectivity index (χ1) is 9.56. The molecule has 0 aromatic heterocycles. The Kier molecular flexibility index (Phi) is 5.15. The highest BCUT2D eigenvalue weighted by Crippen LogP contribution is 2.16. The summed E-state index contributed by atoms with van der Waals surface area (Å²) in [5.74, 6) is -0.368. The van der Waals surface area contributed by atoms with E-state index >= 15 is 0 Å². The predicted octanol–water partition coefficient (Wildman–Crippen LogP) is 2.63. The molecule has 0 aliphatic carbocycles. The summed E-state index contributed by atoms with van der Waals surface area (Å²) in [7, 11) is 0. The first-order valence-corrected chi connectivity index (χ1v) is 7.22. The van der Waals surface area contributed by atoms with Gasteiger partial charge in [0.1, 0.15) is 0 Å². The highest BCUT2D eigenvalue weighted by molar-refractivity contribution is 5.87. The number of nitrogens with zero attached hydrogens (tertiary/aromatic N) is 1. The summed E-state index contributed by atoms with van der Waals surface area (Å²) in [4.78, 5) is 13.4. The lowest BCUT2D eigenvalue weighted by Gasteiger charge is -2.26. The van der Waals surface area contributed by atoms with Gasteiger partial charge in [0, 0.05) is 26.2 Å². The van der Waals surface area contributed by atoms with Crippen LogP contribution in [0.5, 0.6) is 0 Å². The molecule has 1 aromatic carbocycles. The van der Waals surface area contributed by atoms with Crippen LogP contribution in [-0.4, -0.2) is 41.8 Å². The molecule has 1 atom stereocenters. The average Bonchev–Trinajstić information content (AvgIpc) is 2.64. The number of ether oxygens (including phenoxy) is 1. The maximum Gasteiger partial charge on any atom is 0.335 e. The van der Waals surface area contributed by atoms with E-state index in [1.807, 2.05) is 12.1 Å². The van der Waals surface area contributed by atoms with E-state index in [4.69, 9.17) is 9.84 Å². The molecule has 0 amide bonds. The van der Waals surface area contributed by atoms with Gasteiger partial charge >= 0.3 is 5.97 Å². The van der Waals surface area contributed by atoms with Crippen LogP contribution in [0.25, 0.3) is 0 Å². The molecule has 4 nitrogen and oxygen atoms in total. The molecular weight excluding hydrogens is 254 g/mol. The van der Waals surface area contributed by atoms with Crippen LogP contribution >= 0.6 is 0 Å². The van der Waals surface area contributed by atoms with E-state index in [-0.39, 0.29) is 6.10 Å². The Labute approximate surface area is 120 Å². The maximum atomic E-state index is 11.0. The van der Waals surface area contributed by atoms with Crippen LogP contribution in [0.2, 0.25) is 0 Å². The summed E-state index contributed by atoms with van der Waals surface area (Å²) >= 11 is 0. The number of benzene rings is 1. The Balaban J connectivity index is 2.04. The smallest absolute Gasteiger partial charge is 0.335 e. The normalized spacial score (nSPS) is 20.9. The van der Waals surface area contributed by atoms with Gasteiger partial charge in [0.25, 0.3) is 0 Å². The number of carboxylic acids is 1. The van der Waals surface area contributed by atoms with E-state index in [1.54, 1.807) is 12.1 Å². The number of carbonyl (C=O) groups is 1. The maximum absolute atomic E-state index is 11.0. The Morgan fingerprint density at radius 1 is 1.50 bits per heavy atom. The first kappa shape index (κ1) is 15.0. The summed E-state index contributed by atoms with van der Waals surface area (Å²) in [5.41, 5.74) is 1.41. The van der Waals surface area contributed by atoms with Gasteiger partial charge in [-0.1, -0.05) is 26.0 Å². The van der Waals surface area contributed by atoms with E-state index in [0.29, 0.717) is 11.5 Å². The summed E-state index contributed by atoms with van der Waals surface area (Å²) < 4.78 is 5.86. The monoisotopic (exact) mass is 277 g/mol. The topological polar surface area (TPSA) is 49.8 Å². The molecule has 20 heavy (non-hydrogen) atoms. The number of aromatic carboxylic acids is 1. The molecule has 0 unspecified atom stereocenters. The van der Waals surface area contributed by atoms with Crippen LogP contribution in [0.4, 0.5) is 0 Å². The van der Waals surface area contributed by atoms with Gasteiger partial charge in [0.15, 0.2) is 0 Å². The second-order valence-corrected chi connectivity index (χ2v) is 5.75. The Bertz CT molecular complexity index is 459. The molecule has 110 valence electrons. The fourth-order valence-electron chi connectivity index (χ4n) is 2.53. The Morgan fingerprint density at radius 2 is 2.30 bits per heavy atom. The minimum atomic E-state index is -0.869. The molecular formula is C16H23NO3. The third-order valence-corrected chi connectivity index (χ3v) is 3.71. The van der Waals surface area contributed by atoms with Crippen molar-refractivity contribution in [2.45, 2.75) is 32.9 Å². The van der Waals surface area contributed by atoms with E-state index in [2.05, 4.69) is 18.7 Å². The van der Waals surface area contributed by atoms with Gasteiger partial charge in [-0.2, -0.15) is 0 Å². The third kappa shape index (κ3) is 4.05. The van der Waals surface area contributed by atoms with Crippen LogP contribution in [-0.2, 0) is 11.3 Å². The number of hydrogen-bond acceptors (Lipinski definition) is 3. The molecule has 1 saturated heterocycles. The lowest BCUT2D eigenvalue weighted by Crippen LogP contribution is -2.34. The first-order valence-electron chi connectivity index (χ1n) is 7.22. The van der Waals surface area contributed by atoms with Crippen molar-refractivity contribution in [3.63, 3.8) is 0 Å². The van der Waals surface area contributed by atoms with Gasteiger partial charge < -0.3 is 9.84 Å². The van der Waals surface area contributed by atoms with Gasteiger partial charge in [-0.05, 0) is 30.0 Å². The zero-order valence-corrected chi connectivity index (χ0v) is 12.2. The molecule has 1 aliphatic rings. The second-order valence-electron chi connectivity index (χ2n) is 5.75. The Hall–Kier alpha value is -1.39. The molecule has 0 radical (unpaired) electrons. The minimum absolute atomic E-state index is 0.264. The summed E-state index contributed by atoms with van der Waals surface area (Å²) in [6, 6.07) is 7.20. The van der Waals surface area contributed by atoms with Crippen LogP contribution in [0.15, 0.2) is 24.3 Å². The van der Waals surface area contributed by atoms with Gasteiger partial charge in [-0.3, -0.25) is 4.90 Å². The van der Waals surface area contributed by atoms with Crippen molar-refractivity contribution in [2.24, 2.45) is 5.92 Å². The average molecular weight is 277 g/mol. The van der Waals surface area contributed by atoms with Crippen molar-refractivity contribution < 1.29 is 14.6 Å². The van der Waals surface area contributed by atoms with Crippen molar-refractivity contribution in [2.75, 3.05) is 19.7 Å². The Morgan fingerprint density at radius 3 is 3.00 bits per heavy atom. The predicted molar refractivity (Wildman–Crippen MR) is 77.9 cm³/mol. The van der Waals surface area contributed by atoms with Crippen molar-refractivity contribution >= 4 is 5.97 Å². The van der Waals surface area contributed by atoms with Crippen molar-refractivity contribution in [3.05, 3.63) is 35.4 Å². The van der Waals surface area contributed by atoms with Crippen LogP contribution < -0.4 is 0 Å². The molecule has 1 aromatic rings. The summed E-state index contributed by atoms with van der Waals surface area (Å²) in [6.45, 7) is 7.87.